The minimum absolute atomic E-state index is 0.00846. The maximum Gasteiger partial charge on any atom is 0.256 e. The zero-order valence-corrected chi connectivity index (χ0v) is 16.3. The molecule has 3 aromatic carbocycles. The monoisotopic (exact) mass is 382 g/mol. The fourth-order valence-corrected chi connectivity index (χ4v) is 4.75. The van der Waals surface area contributed by atoms with Crippen molar-refractivity contribution in [2.75, 3.05) is 13.1 Å². The number of carbonyl (C=O) groups is 2. The van der Waals surface area contributed by atoms with Crippen molar-refractivity contribution in [1.29, 1.82) is 0 Å². The standard InChI is InChI=1S/C25H22N2O2/c1-18-12-14-19(15-13-18)23(28)26-16-7-17-27-24(29)21-10-5-6-11-22(21)25(26,27)20-8-3-2-4-9-20/h2-6,8-15H,7,16-17H2,1H3. The second-order valence-electron chi connectivity index (χ2n) is 7.72. The van der Waals surface area contributed by atoms with Crippen molar-refractivity contribution in [3.63, 3.8) is 0 Å². The second-order valence-corrected chi connectivity index (χ2v) is 7.72. The van der Waals surface area contributed by atoms with Gasteiger partial charge in [0.2, 0.25) is 0 Å². The molecule has 29 heavy (non-hydrogen) atoms. The molecule has 1 fully saturated rings. The van der Waals surface area contributed by atoms with Gasteiger partial charge in [-0.05, 0) is 31.5 Å². The second kappa shape index (κ2) is 6.59. The van der Waals surface area contributed by atoms with Gasteiger partial charge < -0.3 is 9.80 Å². The summed E-state index contributed by atoms with van der Waals surface area (Å²) in [6.45, 7) is 3.23. The Morgan fingerprint density at radius 3 is 2.31 bits per heavy atom. The largest absolute Gasteiger partial charge is 0.307 e. The van der Waals surface area contributed by atoms with E-state index in [0.29, 0.717) is 24.2 Å². The van der Waals surface area contributed by atoms with Crippen LogP contribution in [-0.4, -0.2) is 34.7 Å². The Hall–Kier alpha value is -3.40. The highest BCUT2D eigenvalue weighted by Gasteiger charge is 2.57. The zero-order chi connectivity index (χ0) is 20.0. The first-order valence-corrected chi connectivity index (χ1v) is 9.99. The van der Waals surface area contributed by atoms with E-state index in [-0.39, 0.29) is 11.8 Å². The van der Waals surface area contributed by atoms with Crippen LogP contribution in [0.25, 0.3) is 0 Å². The Labute approximate surface area is 170 Å². The summed E-state index contributed by atoms with van der Waals surface area (Å²) in [4.78, 5) is 30.9. The SMILES string of the molecule is Cc1ccc(C(=O)N2CCCN3C(=O)c4ccccc4C23c2ccccc2)cc1. The highest BCUT2D eigenvalue weighted by Crippen LogP contribution is 2.49. The molecule has 0 radical (unpaired) electrons. The smallest absolute Gasteiger partial charge is 0.256 e. The molecular weight excluding hydrogens is 360 g/mol. The summed E-state index contributed by atoms with van der Waals surface area (Å²) in [6, 6.07) is 25.3. The lowest BCUT2D eigenvalue weighted by Crippen LogP contribution is -2.62. The molecule has 1 saturated heterocycles. The molecule has 3 aromatic rings. The van der Waals surface area contributed by atoms with Gasteiger partial charge in [-0.2, -0.15) is 0 Å². The van der Waals surface area contributed by atoms with Crippen molar-refractivity contribution in [1.82, 2.24) is 9.80 Å². The first-order chi connectivity index (χ1) is 14.1. The summed E-state index contributed by atoms with van der Waals surface area (Å²) in [7, 11) is 0. The summed E-state index contributed by atoms with van der Waals surface area (Å²) in [5, 5.41) is 0. The Morgan fingerprint density at radius 2 is 1.55 bits per heavy atom. The third kappa shape index (κ3) is 2.45. The summed E-state index contributed by atoms with van der Waals surface area (Å²) in [6.07, 6.45) is 0.756. The molecule has 4 heteroatoms. The maximum atomic E-state index is 13.7. The highest BCUT2D eigenvalue weighted by atomic mass is 16.2. The highest BCUT2D eigenvalue weighted by molar-refractivity contribution is 6.03. The van der Waals surface area contributed by atoms with E-state index in [9.17, 15) is 9.59 Å². The summed E-state index contributed by atoms with van der Waals surface area (Å²) in [5.74, 6) is -0.0612. The molecule has 4 nitrogen and oxygen atoms in total. The van der Waals surface area contributed by atoms with Gasteiger partial charge in [0.1, 0.15) is 0 Å². The molecule has 0 bridgehead atoms. The number of nitrogens with zero attached hydrogens (tertiary/aromatic N) is 2. The van der Waals surface area contributed by atoms with Crippen LogP contribution in [0.4, 0.5) is 0 Å². The molecule has 2 heterocycles. The van der Waals surface area contributed by atoms with Crippen molar-refractivity contribution in [2.45, 2.75) is 19.0 Å². The minimum Gasteiger partial charge on any atom is -0.307 e. The van der Waals surface area contributed by atoms with E-state index in [1.807, 2.05) is 95.6 Å². The molecule has 0 N–H and O–H groups in total. The predicted molar refractivity (Wildman–Crippen MR) is 112 cm³/mol. The minimum atomic E-state index is -0.908. The van der Waals surface area contributed by atoms with Gasteiger partial charge >= 0.3 is 0 Å². The lowest BCUT2D eigenvalue weighted by molar-refractivity contribution is -0.0248. The summed E-state index contributed by atoms with van der Waals surface area (Å²) < 4.78 is 0. The number of rotatable bonds is 2. The van der Waals surface area contributed by atoms with Gasteiger partial charge in [-0.25, -0.2) is 0 Å². The number of hydrogen-bond acceptors (Lipinski definition) is 2. The van der Waals surface area contributed by atoms with E-state index in [4.69, 9.17) is 0 Å². The van der Waals surface area contributed by atoms with Crippen LogP contribution in [0.3, 0.4) is 0 Å². The van der Waals surface area contributed by atoms with Crippen LogP contribution in [0.1, 0.15) is 43.8 Å². The molecule has 0 aromatic heterocycles. The van der Waals surface area contributed by atoms with Gasteiger partial charge in [0.05, 0.1) is 0 Å². The van der Waals surface area contributed by atoms with Gasteiger partial charge in [-0.1, -0.05) is 66.2 Å². The number of amides is 2. The molecule has 2 aliphatic heterocycles. The van der Waals surface area contributed by atoms with Gasteiger partial charge in [-0.15, -0.1) is 0 Å². The van der Waals surface area contributed by atoms with E-state index < -0.39 is 5.66 Å². The van der Waals surface area contributed by atoms with Gasteiger partial charge in [-0.3, -0.25) is 9.59 Å². The molecule has 0 aliphatic carbocycles. The van der Waals surface area contributed by atoms with Gasteiger partial charge in [0.25, 0.3) is 11.8 Å². The number of hydrogen-bond donors (Lipinski definition) is 0. The number of carbonyl (C=O) groups excluding carboxylic acids is 2. The van der Waals surface area contributed by atoms with E-state index in [0.717, 1.165) is 23.1 Å². The van der Waals surface area contributed by atoms with Crippen LogP contribution < -0.4 is 0 Å². The van der Waals surface area contributed by atoms with Crippen LogP contribution in [-0.2, 0) is 5.66 Å². The van der Waals surface area contributed by atoms with Crippen molar-refractivity contribution < 1.29 is 9.59 Å². The zero-order valence-electron chi connectivity index (χ0n) is 16.3. The normalized spacial score (nSPS) is 20.4. The molecule has 0 saturated carbocycles. The molecular formula is C25H22N2O2. The fourth-order valence-electron chi connectivity index (χ4n) is 4.75. The molecule has 2 amide bonds. The van der Waals surface area contributed by atoms with Crippen LogP contribution in [0.2, 0.25) is 0 Å². The Kier molecular flexibility index (Phi) is 4.02. The number of benzene rings is 3. The molecule has 1 unspecified atom stereocenters. The van der Waals surface area contributed by atoms with Crippen molar-refractivity contribution in [3.8, 4) is 0 Å². The van der Waals surface area contributed by atoms with E-state index >= 15 is 0 Å². The van der Waals surface area contributed by atoms with Crippen molar-refractivity contribution >= 4 is 11.8 Å². The molecule has 5 rings (SSSR count). The number of aryl methyl sites for hydroxylation is 1. The topological polar surface area (TPSA) is 40.6 Å². The van der Waals surface area contributed by atoms with Crippen LogP contribution in [0.5, 0.6) is 0 Å². The first kappa shape index (κ1) is 17.7. The fraction of sp³-hybridized carbons (Fsp3) is 0.200. The quantitative estimate of drug-likeness (QED) is 0.667. The first-order valence-electron chi connectivity index (χ1n) is 9.99. The maximum absolute atomic E-state index is 13.7. The lowest BCUT2D eigenvalue weighted by Gasteiger charge is -2.51. The van der Waals surface area contributed by atoms with Gasteiger partial charge in [0.15, 0.2) is 5.66 Å². The molecule has 144 valence electrons. The van der Waals surface area contributed by atoms with E-state index in [1.54, 1.807) is 0 Å². The van der Waals surface area contributed by atoms with E-state index in [2.05, 4.69) is 0 Å². The van der Waals surface area contributed by atoms with Crippen molar-refractivity contribution in [3.05, 3.63) is 107 Å². The third-order valence-electron chi connectivity index (χ3n) is 6.04. The average molecular weight is 382 g/mol. The Bertz CT molecular complexity index is 1090. The summed E-state index contributed by atoms with van der Waals surface area (Å²) in [5.41, 5.74) is 3.36. The summed E-state index contributed by atoms with van der Waals surface area (Å²) >= 11 is 0. The van der Waals surface area contributed by atoms with Crippen LogP contribution >= 0.6 is 0 Å². The Morgan fingerprint density at radius 1 is 0.862 bits per heavy atom. The predicted octanol–water partition coefficient (Wildman–Crippen LogP) is 4.20. The van der Waals surface area contributed by atoms with E-state index in [1.165, 1.54) is 0 Å². The van der Waals surface area contributed by atoms with Crippen molar-refractivity contribution in [2.24, 2.45) is 0 Å². The lowest BCUT2D eigenvalue weighted by atomic mass is 9.86. The van der Waals surface area contributed by atoms with Crippen LogP contribution in [0, 0.1) is 6.92 Å². The van der Waals surface area contributed by atoms with Crippen LogP contribution in [0.15, 0.2) is 78.9 Å². The molecule has 0 spiro atoms. The molecule has 2 aliphatic rings. The van der Waals surface area contributed by atoms with Gasteiger partial charge in [0, 0.05) is 35.3 Å². The average Bonchev–Trinajstić information content (AvgIpc) is 3.04. The molecule has 1 atom stereocenters. The number of fused-ring (bicyclic) bond motifs is 3. The third-order valence-corrected chi connectivity index (χ3v) is 6.04. The Balaban J connectivity index is 1.76.